The lowest BCUT2D eigenvalue weighted by molar-refractivity contribution is 0.00572. The Morgan fingerprint density at radius 2 is 1.65 bits per heavy atom. The Morgan fingerprint density at radius 3 is 2.25 bits per heavy atom. The minimum atomic E-state index is -0.639. The fourth-order valence-electron chi connectivity index (χ4n) is 5.33. The second-order valence-electron chi connectivity index (χ2n) is 13.1. The molecule has 0 saturated carbocycles. The molecule has 1 aliphatic rings. The van der Waals surface area contributed by atoms with E-state index < -0.39 is 11.6 Å². The number of aryl methyl sites for hydroxylation is 1. The monoisotopic (exact) mass is 543 g/mol. The molecule has 3 aromatic rings. The van der Waals surface area contributed by atoms with E-state index >= 15 is 0 Å². The molecule has 4 rings (SSSR count). The van der Waals surface area contributed by atoms with Crippen LogP contribution in [0.3, 0.4) is 0 Å². The van der Waals surface area contributed by atoms with Crippen molar-refractivity contribution in [2.24, 2.45) is 5.92 Å². The van der Waals surface area contributed by atoms with Crippen LogP contribution in [0.1, 0.15) is 94.4 Å². The van der Waals surface area contributed by atoms with Gasteiger partial charge in [0, 0.05) is 24.7 Å². The lowest BCUT2D eigenvalue weighted by Gasteiger charge is -2.39. The van der Waals surface area contributed by atoms with Crippen LogP contribution in [0.25, 0.3) is 0 Å². The highest BCUT2D eigenvalue weighted by Crippen LogP contribution is 2.32. The van der Waals surface area contributed by atoms with Crippen molar-refractivity contribution < 1.29 is 14.3 Å². The average molecular weight is 544 g/mol. The summed E-state index contributed by atoms with van der Waals surface area (Å²) in [5, 5.41) is 0. The van der Waals surface area contributed by atoms with Crippen molar-refractivity contribution in [2.45, 2.75) is 98.3 Å². The van der Waals surface area contributed by atoms with Crippen LogP contribution in [-0.4, -0.2) is 34.1 Å². The maximum absolute atomic E-state index is 13.2. The maximum atomic E-state index is 13.2. The van der Waals surface area contributed by atoms with E-state index in [4.69, 9.17) is 19.4 Å². The van der Waals surface area contributed by atoms with Crippen molar-refractivity contribution in [3.05, 3.63) is 82.9 Å². The minimum Gasteiger partial charge on any atom is -0.484 e. The molecule has 0 aliphatic carbocycles. The Hall–Kier alpha value is -3.41. The van der Waals surface area contributed by atoms with E-state index in [1.54, 1.807) is 0 Å². The first-order valence-corrected chi connectivity index (χ1v) is 14.4. The van der Waals surface area contributed by atoms with Crippen LogP contribution in [0.5, 0.6) is 5.75 Å². The highest BCUT2D eigenvalue weighted by Gasteiger charge is 2.29. The molecule has 1 aliphatic heterocycles. The Kier molecular flexibility index (Phi) is 8.86. The molecule has 1 fully saturated rings. The molecule has 0 radical (unpaired) electrons. The second kappa shape index (κ2) is 12.0. The Bertz CT molecular complexity index is 1290. The molecule has 6 heteroatoms. The Labute approximate surface area is 240 Å². The topological polar surface area (TPSA) is 64.6 Å². The van der Waals surface area contributed by atoms with Crippen molar-refractivity contribution >= 4 is 11.7 Å². The number of esters is 1. The van der Waals surface area contributed by atoms with Crippen LogP contribution in [-0.2, 0) is 23.2 Å². The molecule has 0 N–H and O–H groups in total. The molecule has 0 amide bonds. The van der Waals surface area contributed by atoms with Crippen LogP contribution in [0.15, 0.2) is 54.6 Å². The first-order valence-electron chi connectivity index (χ1n) is 14.4. The fourth-order valence-corrected chi connectivity index (χ4v) is 5.33. The standard InChI is InChI=1S/C34H45N3O3/c1-23-20-26(18-19-37(23)28-16-14-27(15-17-28)33(3,4)5)21-29-35-24(2)31(39-22-25-12-10-9-11-13-25)30(36-29)32(38)40-34(6,7)8/h9-17,23,26H,18-22H2,1-8H3/t23-,26-/m0/s1. The molecule has 1 saturated heterocycles. The number of ether oxygens (including phenoxy) is 2. The van der Waals surface area contributed by atoms with Gasteiger partial charge in [0.05, 0.1) is 5.69 Å². The van der Waals surface area contributed by atoms with Crippen LogP contribution in [0.2, 0.25) is 0 Å². The summed E-state index contributed by atoms with van der Waals surface area (Å²) in [6.07, 6.45) is 2.80. The molecular weight excluding hydrogens is 498 g/mol. The van der Waals surface area contributed by atoms with E-state index in [0.29, 0.717) is 35.8 Å². The van der Waals surface area contributed by atoms with Crippen molar-refractivity contribution in [3.63, 3.8) is 0 Å². The first-order chi connectivity index (χ1) is 18.8. The Morgan fingerprint density at radius 1 is 0.975 bits per heavy atom. The summed E-state index contributed by atoms with van der Waals surface area (Å²) in [7, 11) is 0. The van der Waals surface area contributed by atoms with E-state index in [1.165, 1.54) is 11.3 Å². The molecule has 40 heavy (non-hydrogen) atoms. The first kappa shape index (κ1) is 29.6. The van der Waals surface area contributed by atoms with Gasteiger partial charge < -0.3 is 14.4 Å². The summed E-state index contributed by atoms with van der Waals surface area (Å²) in [6.45, 7) is 17.8. The molecule has 0 bridgehead atoms. The zero-order valence-electron chi connectivity index (χ0n) is 25.5. The van der Waals surface area contributed by atoms with E-state index in [9.17, 15) is 4.79 Å². The number of hydrogen-bond donors (Lipinski definition) is 0. The molecule has 2 atom stereocenters. The Balaban J connectivity index is 1.49. The van der Waals surface area contributed by atoms with E-state index in [1.807, 2.05) is 58.0 Å². The number of benzene rings is 2. The average Bonchev–Trinajstić information content (AvgIpc) is 2.87. The summed E-state index contributed by atoms with van der Waals surface area (Å²) in [5.41, 5.74) is 4.01. The van der Waals surface area contributed by atoms with Gasteiger partial charge in [-0.3, -0.25) is 0 Å². The number of carbonyl (C=O) groups is 1. The van der Waals surface area contributed by atoms with E-state index in [0.717, 1.165) is 31.4 Å². The van der Waals surface area contributed by atoms with Crippen molar-refractivity contribution in [1.82, 2.24) is 9.97 Å². The predicted octanol–water partition coefficient (Wildman–Crippen LogP) is 7.46. The van der Waals surface area contributed by atoms with Crippen LogP contribution >= 0.6 is 0 Å². The highest BCUT2D eigenvalue weighted by atomic mass is 16.6. The molecular formula is C34H45N3O3. The van der Waals surface area contributed by atoms with Gasteiger partial charge in [0.2, 0.25) is 0 Å². The zero-order valence-corrected chi connectivity index (χ0v) is 25.5. The van der Waals surface area contributed by atoms with E-state index in [2.05, 4.69) is 56.9 Å². The smallest absolute Gasteiger partial charge is 0.361 e. The van der Waals surface area contributed by atoms with Crippen LogP contribution in [0.4, 0.5) is 5.69 Å². The highest BCUT2D eigenvalue weighted by molar-refractivity contribution is 5.90. The van der Waals surface area contributed by atoms with Gasteiger partial charge in [-0.2, -0.15) is 0 Å². The molecule has 1 aromatic heterocycles. The lowest BCUT2D eigenvalue weighted by atomic mass is 9.86. The summed E-state index contributed by atoms with van der Waals surface area (Å²) in [6, 6.07) is 19.3. The number of anilines is 1. The number of rotatable bonds is 7. The van der Waals surface area contributed by atoms with Crippen LogP contribution in [0, 0.1) is 12.8 Å². The molecule has 6 nitrogen and oxygen atoms in total. The summed E-state index contributed by atoms with van der Waals surface area (Å²) < 4.78 is 11.8. The molecule has 2 aromatic carbocycles. The van der Waals surface area contributed by atoms with Gasteiger partial charge in [-0.05, 0) is 82.1 Å². The number of carbonyl (C=O) groups excluding carboxylic acids is 1. The molecule has 214 valence electrons. The largest absolute Gasteiger partial charge is 0.484 e. The van der Waals surface area contributed by atoms with Crippen molar-refractivity contribution in [1.29, 1.82) is 0 Å². The van der Waals surface area contributed by atoms with Gasteiger partial charge in [-0.1, -0.05) is 63.2 Å². The SMILES string of the molecule is Cc1nc(C[C@H]2CCN(c3ccc(C(C)(C)C)cc3)[C@@H](C)C2)nc(C(=O)OC(C)(C)C)c1OCc1ccccc1. The van der Waals surface area contributed by atoms with Gasteiger partial charge in [0.25, 0.3) is 0 Å². The number of nitrogens with zero attached hydrogens (tertiary/aromatic N) is 3. The summed E-state index contributed by atoms with van der Waals surface area (Å²) >= 11 is 0. The molecule has 2 heterocycles. The third kappa shape index (κ3) is 7.61. The third-order valence-electron chi connectivity index (χ3n) is 7.42. The fraction of sp³-hybridized carbons (Fsp3) is 0.500. The lowest BCUT2D eigenvalue weighted by Crippen LogP contribution is -2.41. The third-order valence-corrected chi connectivity index (χ3v) is 7.42. The van der Waals surface area contributed by atoms with Gasteiger partial charge >= 0.3 is 5.97 Å². The van der Waals surface area contributed by atoms with Crippen molar-refractivity contribution in [3.8, 4) is 5.75 Å². The predicted molar refractivity (Wildman–Crippen MR) is 161 cm³/mol. The zero-order chi connectivity index (χ0) is 29.1. The van der Waals surface area contributed by atoms with Gasteiger partial charge in [0.15, 0.2) is 11.4 Å². The van der Waals surface area contributed by atoms with Gasteiger partial charge in [0.1, 0.15) is 18.0 Å². The number of aromatic nitrogens is 2. The normalized spacial score (nSPS) is 17.9. The van der Waals surface area contributed by atoms with Crippen LogP contribution < -0.4 is 9.64 Å². The summed E-state index contributed by atoms with van der Waals surface area (Å²) in [4.78, 5) is 25.3. The molecule has 0 spiro atoms. The number of piperidine rings is 1. The van der Waals surface area contributed by atoms with Gasteiger partial charge in [-0.15, -0.1) is 0 Å². The maximum Gasteiger partial charge on any atom is 0.361 e. The summed E-state index contributed by atoms with van der Waals surface area (Å²) in [5.74, 6) is 1.01. The van der Waals surface area contributed by atoms with Crippen molar-refractivity contribution in [2.75, 3.05) is 11.4 Å². The quantitative estimate of drug-likeness (QED) is 0.288. The molecule has 0 unspecified atom stereocenters. The van der Waals surface area contributed by atoms with E-state index in [-0.39, 0.29) is 11.1 Å². The minimum absolute atomic E-state index is 0.148. The second-order valence-corrected chi connectivity index (χ2v) is 13.1. The van der Waals surface area contributed by atoms with Gasteiger partial charge in [-0.25, -0.2) is 14.8 Å². The number of hydrogen-bond acceptors (Lipinski definition) is 6.